The number of hydrogen-bond donors (Lipinski definition) is 1. The lowest BCUT2D eigenvalue weighted by Gasteiger charge is -2.16. The Bertz CT molecular complexity index is 563. The first kappa shape index (κ1) is 13.5. The zero-order chi connectivity index (χ0) is 13.8. The van der Waals surface area contributed by atoms with Crippen molar-refractivity contribution in [2.75, 3.05) is 11.9 Å². The van der Waals surface area contributed by atoms with E-state index in [0.717, 1.165) is 17.2 Å². The third kappa shape index (κ3) is 3.32. The van der Waals surface area contributed by atoms with E-state index >= 15 is 0 Å². The van der Waals surface area contributed by atoms with E-state index in [0.29, 0.717) is 5.69 Å². The zero-order valence-corrected chi connectivity index (χ0v) is 11.8. The van der Waals surface area contributed by atoms with Gasteiger partial charge in [-0.15, -0.1) is 11.3 Å². The number of nitrogens with zero attached hydrogens (tertiary/aromatic N) is 2. The van der Waals surface area contributed by atoms with Crippen LogP contribution in [0.1, 0.15) is 18.2 Å². The highest BCUT2D eigenvalue weighted by molar-refractivity contribution is 7.13. The molecule has 1 N–H and O–H groups in total. The average molecular weight is 276 g/mol. The van der Waals surface area contributed by atoms with Gasteiger partial charge in [0, 0.05) is 18.1 Å². The summed E-state index contributed by atoms with van der Waals surface area (Å²) in [5.41, 5.74) is 2.95. The first-order valence-electron chi connectivity index (χ1n) is 6.09. The number of anilines is 2. The third-order valence-corrected chi connectivity index (χ3v) is 3.86. The van der Waals surface area contributed by atoms with Gasteiger partial charge in [-0.2, -0.15) is 0 Å². The lowest BCUT2D eigenvalue weighted by Crippen LogP contribution is -2.09. The normalized spacial score (nSPS) is 10.4. The van der Waals surface area contributed by atoms with Gasteiger partial charge in [-0.05, 0) is 24.1 Å². The largest absolute Gasteiger partial charge is 0.481 e. The number of hydrogen-bond acceptors (Lipinski definition) is 4. The summed E-state index contributed by atoms with van der Waals surface area (Å²) in [5.74, 6) is -0.855. The van der Waals surface area contributed by atoms with E-state index in [1.54, 1.807) is 5.38 Å². The molecule has 0 unspecified atom stereocenters. The Morgan fingerprint density at radius 1 is 1.37 bits per heavy atom. The number of carbonyl (C=O) groups is 1. The first-order valence-corrected chi connectivity index (χ1v) is 6.97. The number of carboxylic acid groups (broad SMARTS) is 1. The van der Waals surface area contributed by atoms with Gasteiger partial charge >= 0.3 is 5.97 Å². The first-order chi connectivity index (χ1) is 9.10. The SMILES string of the molecule is CCc1ccc(N(C)c2nc(CC(=O)O)cs2)cc1. The van der Waals surface area contributed by atoms with Crippen LogP contribution in [-0.2, 0) is 17.6 Å². The molecule has 0 amide bonds. The fourth-order valence-corrected chi connectivity index (χ4v) is 2.56. The van der Waals surface area contributed by atoms with Crippen LogP contribution >= 0.6 is 11.3 Å². The van der Waals surface area contributed by atoms with Crippen molar-refractivity contribution in [3.63, 3.8) is 0 Å². The molecule has 0 spiro atoms. The van der Waals surface area contributed by atoms with Crippen LogP contribution in [0.2, 0.25) is 0 Å². The summed E-state index contributed by atoms with van der Waals surface area (Å²) in [6.07, 6.45) is 0.989. The van der Waals surface area contributed by atoms with E-state index in [1.807, 2.05) is 11.9 Å². The standard InChI is InChI=1S/C14H16N2O2S/c1-3-10-4-6-12(7-5-10)16(2)14-15-11(9-19-14)8-13(17)18/h4-7,9H,3,8H2,1-2H3,(H,17,18). The molecule has 1 heterocycles. The molecule has 0 radical (unpaired) electrons. The number of aliphatic carboxylic acids is 1. The summed E-state index contributed by atoms with van der Waals surface area (Å²) in [5, 5.41) is 11.3. The molecule has 0 atom stereocenters. The summed E-state index contributed by atoms with van der Waals surface area (Å²) in [6.45, 7) is 2.12. The van der Waals surface area contributed by atoms with Crippen molar-refractivity contribution >= 4 is 28.1 Å². The Kier molecular flexibility index (Phi) is 4.16. The minimum Gasteiger partial charge on any atom is -0.481 e. The maximum absolute atomic E-state index is 10.6. The second kappa shape index (κ2) is 5.84. The zero-order valence-electron chi connectivity index (χ0n) is 11.0. The lowest BCUT2D eigenvalue weighted by molar-refractivity contribution is -0.136. The van der Waals surface area contributed by atoms with Crippen molar-refractivity contribution in [2.45, 2.75) is 19.8 Å². The Morgan fingerprint density at radius 3 is 2.63 bits per heavy atom. The maximum Gasteiger partial charge on any atom is 0.309 e. The van der Waals surface area contributed by atoms with Crippen molar-refractivity contribution in [3.05, 3.63) is 40.9 Å². The average Bonchev–Trinajstić information content (AvgIpc) is 2.85. The topological polar surface area (TPSA) is 53.4 Å². The predicted molar refractivity (Wildman–Crippen MR) is 77.3 cm³/mol. The Hall–Kier alpha value is -1.88. The highest BCUT2D eigenvalue weighted by Gasteiger charge is 2.10. The van der Waals surface area contributed by atoms with Crippen LogP contribution in [0.4, 0.5) is 10.8 Å². The highest BCUT2D eigenvalue weighted by Crippen LogP contribution is 2.27. The Balaban J connectivity index is 2.15. The number of carboxylic acids is 1. The van der Waals surface area contributed by atoms with Crippen LogP contribution < -0.4 is 4.90 Å². The number of aryl methyl sites for hydroxylation is 1. The Morgan fingerprint density at radius 2 is 2.05 bits per heavy atom. The molecule has 0 aliphatic rings. The molecular weight excluding hydrogens is 260 g/mol. The van der Waals surface area contributed by atoms with Crippen LogP contribution in [0.3, 0.4) is 0 Å². The molecule has 100 valence electrons. The molecule has 0 aliphatic carbocycles. The molecule has 4 nitrogen and oxygen atoms in total. The van der Waals surface area contributed by atoms with Crippen LogP contribution in [0.15, 0.2) is 29.6 Å². The fourth-order valence-electron chi connectivity index (χ4n) is 1.75. The van der Waals surface area contributed by atoms with Crippen molar-refractivity contribution in [1.82, 2.24) is 4.98 Å². The molecule has 1 aromatic carbocycles. The van der Waals surface area contributed by atoms with Gasteiger partial charge in [-0.3, -0.25) is 4.79 Å². The van der Waals surface area contributed by atoms with Gasteiger partial charge in [-0.1, -0.05) is 19.1 Å². The van der Waals surface area contributed by atoms with Gasteiger partial charge in [0.05, 0.1) is 12.1 Å². The quantitative estimate of drug-likeness (QED) is 0.911. The third-order valence-electron chi connectivity index (χ3n) is 2.89. The molecule has 5 heteroatoms. The van der Waals surface area contributed by atoms with E-state index in [2.05, 4.69) is 36.2 Å². The molecule has 2 rings (SSSR count). The summed E-state index contributed by atoms with van der Waals surface area (Å²) < 4.78 is 0. The van der Waals surface area contributed by atoms with Gasteiger partial charge < -0.3 is 10.0 Å². The summed E-state index contributed by atoms with van der Waals surface area (Å²) in [4.78, 5) is 16.9. The van der Waals surface area contributed by atoms with Gasteiger partial charge in [0.25, 0.3) is 0 Å². The predicted octanol–water partition coefficient (Wildman–Crippen LogP) is 3.10. The second-order valence-electron chi connectivity index (χ2n) is 4.27. The van der Waals surface area contributed by atoms with Gasteiger partial charge in [0.2, 0.25) is 0 Å². The molecule has 0 saturated heterocycles. The molecule has 19 heavy (non-hydrogen) atoms. The lowest BCUT2D eigenvalue weighted by atomic mass is 10.1. The van der Waals surface area contributed by atoms with E-state index in [-0.39, 0.29) is 6.42 Å². The molecule has 0 saturated carbocycles. The summed E-state index contributed by atoms with van der Waals surface area (Å²) in [6, 6.07) is 8.30. The molecule has 0 fully saturated rings. The van der Waals surface area contributed by atoms with Gasteiger partial charge in [0.15, 0.2) is 5.13 Å². The van der Waals surface area contributed by atoms with Crippen molar-refractivity contribution < 1.29 is 9.90 Å². The van der Waals surface area contributed by atoms with E-state index in [4.69, 9.17) is 5.11 Å². The number of benzene rings is 1. The number of aromatic nitrogens is 1. The summed E-state index contributed by atoms with van der Waals surface area (Å²) >= 11 is 1.46. The van der Waals surface area contributed by atoms with Gasteiger partial charge in [-0.25, -0.2) is 4.98 Å². The van der Waals surface area contributed by atoms with Crippen molar-refractivity contribution in [2.24, 2.45) is 0 Å². The van der Waals surface area contributed by atoms with E-state index in [9.17, 15) is 4.79 Å². The van der Waals surface area contributed by atoms with Crippen LogP contribution in [0.5, 0.6) is 0 Å². The van der Waals surface area contributed by atoms with Gasteiger partial charge in [0.1, 0.15) is 0 Å². The van der Waals surface area contributed by atoms with E-state index < -0.39 is 5.97 Å². The Labute approximate surface area is 116 Å². The second-order valence-corrected chi connectivity index (χ2v) is 5.11. The fraction of sp³-hybridized carbons (Fsp3) is 0.286. The molecular formula is C14H16N2O2S. The number of thiazole rings is 1. The highest BCUT2D eigenvalue weighted by atomic mass is 32.1. The number of rotatable bonds is 5. The molecule has 1 aromatic heterocycles. The minimum atomic E-state index is -0.855. The van der Waals surface area contributed by atoms with Crippen LogP contribution in [-0.4, -0.2) is 23.1 Å². The van der Waals surface area contributed by atoms with Crippen molar-refractivity contribution in [1.29, 1.82) is 0 Å². The van der Waals surface area contributed by atoms with E-state index in [1.165, 1.54) is 16.9 Å². The minimum absolute atomic E-state index is 0.0287. The molecule has 0 aliphatic heterocycles. The smallest absolute Gasteiger partial charge is 0.309 e. The maximum atomic E-state index is 10.6. The van der Waals surface area contributed by atoms with Crippen molar-refractivity contribution in [3.8, 4) is 0 Å². The van der Waals surface area contributed by atoms with Crippen LogP contribution in [0.25, 0.3) is 0 Å². The molecule has 2 aromatic rings. The summed E-state index contributed by atoms with van der Waals surface area (Å²) in [7, 11) is 1.93. The monoisotopic (exact) mass is 276 g/mol. The molecule has 0 bridgehead atoms. The van der Waals surface area contributed by atoms with Crippen LogP contribution in [0, 0.1) is 0 Å².